The van der Waals surface area contributed by atoms with Gasteiger partial charge < -0.3 is 11.1 Å². The number of nitrogens with one attached hydrogen (secondary N) is 1. The number of rotatable bonds is 4. The first-order chi connectivity index (χ1) is 8.65. The van der Waals surface area contributed by atoms with Gasteiger partial charge in [0.15, 0.2) is 0 Å². The van der Waals surface area contributed by atoms with Gasteiger partial charge in [0, 0.05) is 6.20 Å². The van der Waals surface area contributed by atoms with Crippen molar-refractivity contribution in [2.45, 2.75) is 19.5 Å². The molecule has 0 aliphatic carbocycles. The highest BCUT2D eigenvalue weighted by molar-refractivity contribution is 5.76. The first-order valence-electron chi connectivity index (χ1n) is 5.78. The zero-order chi connectivity index (χ0) is 13.0. The molecular formula is C13H16N4O. The highest BCUT2D eigenvalue weighted by Crippen LogP contribution is 2.10. The standard InChI is InChI=1S/C13H16N4O/c1-10(11-5-3-2-4-6-11)15-13(18)9-17-8-7-12(14)16-17/h2-8,10H,9H2,1H3,(H2,14,16)(H,15,18). The van der Waals surface area contributed by atoms with Gasteiger partial charge in [0.25, 0.3) is 0 Å². The molecule has 0 spiro atoms. The van der Waals surface area contributed by atoms with Crippen LogP contribution < -0.4 is 11.1 Å². The molecule has 0 aliphatic heterocycles. The van der Waals surface area contributed by atoms with Crippen LogP contribution in [0.1, 0.15) is 18.5 Å². The zero-order valence-corrected chi connectivity index (χ0v) is 10.2. The van der Waals surface area contributed by atoms with Crippen LogP contribution in [0.5, 0.6) is 0 Å². The number of nitrogen functional groups attached to an aromatic ring is 1. The molecule has 1 amide bonds. The van der Waals surface area contributed by atoms with E-state index in [2.05, 4.69) is 10.4 Å². The van der Waals surface area contributed by atoms with Gasteiger partial charge in [-0.15, -0.1) is 0 Å². The molecule has 0 radical (unpaired) electrons. The lowest BCUT2D eigenvalue weighted by Gasteiger charge is -2.14. The molecular weight excluding hydrogens is 228 g/mol. The van der Waals surface area contributed by atoms with Crippen molar-refractivity contribution in [2.24, 2.45) is 0 Å². The minimum Gasteiger partial charge on any atom is -0.382 e. The number of benzene rings is 1. The van der Waals surface area contributed by atoms with Gasteiger partial charge in [0.1, 0.15) is 12.4 Å². The van der Waals surface area contributed by atoms with Crippen molar-refractivity contribution in [3.8, 4) is 0 Å². The van der Waals surface area contributed by atoms with Gasteiger partial charge in [0.2, 0.25) is 5.91 Å². The number of nitrogens with two attached hydrogens (primary N) is 1. The first-order valence-corrected chi connectivity index (χ1v) is 5.78. The van der Waals surface area contributed by atoms with E-state index >= 15 is 0 Å². The van der Waals surface area contributed by atoms with E-state index in [1.807, 2.05) is 37.3 Å². The van der Waals surface area contributed by atoms with Crippen molar-refractivity contribution >= 4 is 11.7 Å². The summed E-state index contributed by atoms with van der Waals surface area (Å²) in [5.74, 6) is 0.327. The second-order valence-corrected chi connectivity index (χ2v) is 4.14. The van der Waals surface area contributed by atoms with E-state index in [-0.39, 0.29) is 18.5 Å². The molecule has 1 aromatic carbocycles. The Morgan fingerprint density at radius 1 is 1.39 bits per heavy atom. The Morgan fingerprint density at radius 3 is 2.72 bits per heavy atom. The second kappa shape index (κ2) is 5.35. The molecule has 2 aromatic rings. The summed E-state index contributed by atoms with van der Waals surface area (Å²) < 4.78 is 1.52. The minimum atomic E-state index is -0.0885. The first kappa shape index (κ1) is 12.2. The summed E-state index contributed by atoms with van der Waals surface area (Å²) in [6.45, 7) is 2.12. The summed E-state index contributed by atoms with van der Waals surface area (Å²) in [6.07, 6.45) is 1.68. The minimum absolute atomic E-state index is 0.0217. The monoisotopic (exact) mass is 244 g/mol. The molecule has 0 bridgehead atoms. The third-order valence-electron chi connectivity index (χ3n) is 2.64. The number of amides is 1. The van der Waals surface area contributed by atoms with E-state index in [4.69, 9.17) is 5.73 Å². The predicted octanol–water partition coefficient (Wildman–Crippen LogP) is 1.34. The molecule has 18 heavy (non-hydrogen) atoms. The lowest BCUT2D eigenvalue weighted by molar-refractivity contribution is -0.122. The van der Waals surface area contributed by atoms with Crippen molar-refractivity contribution in [2.75, 3.05) is 5.73 Å². The summed E-state index contributed by atoms with van der Waals surface area (Å²) in [5, 5.41) is 6.88. The summed E-state index contributed by atoms with van der Waals surface area (Å²) in [6, 6.07) is 11.5. The van der Waals surface area contributed by atoms with Crippen molar-refractivity contribution in [1.82, 2.24) is 15.1 Å². The normalized spacial score (nSPS) is 12.1. The van der Waals surface area contributed by atoms with Crippen molar-refractivity contribution < 1.29 is 4.79 Å². The summed E-state index contributed by atoms with van der Waals surface area (Å²) in [5.41, 5.74) is 6.56. The van der Waals surface area contributed by atoms with Gasteiger partial charge in [-0.25, -0.2) is 0 Å². The van der Waals surface area contributed by atoms with Crippen LogP contribution in [0, 0.1) is 0 Å². The van der Waals surface area contributed by atoms with Crippen LogP contribution in [0.2, 0.25) is 0 Å². The molecule has 94 valence electrons. The Morgan fingerprint density at radius 2 is 2.11 bits per heavy atom. The van der Waals surface area contributed by atoms with Crippen molar-refractivity contribution in [3.63, 3.8) is 0 Å². The lowest BCUT2D eigenvalue weighted by atomic mass is 10.1. The van der Waals surface area contributed by atoms with Crippen molar-refractivity contribution in [3.05, 3.63) is 48.2 Å². The fraction of sp³-hybridized carbons (Fsp3) is 0.231. The van der Waals surface area contributed by atoms with Gasteiger partial charge in [-0.05, 0) is 18.6 Å². The van der Waals surface area contributed by atoms with Crippen LogP contribution in [0.4, 0.5) is 5.82 Å². The van der Waals surface area contributed by atoms with E-state index in [9.17, 15) is 4.79 Å². The maximum atomic E-state index is 11.8. The number of aromatic nitrogens is 2. The SMILES string of the molecule is CC(NC(=O)Cn1ccc(N)n1)c1ccccc1. The summed E-state index contributed by atoms with van der Waals surface area (Å²) in [7, 11) is 0. The Kier molecular flexibility index (Phi) is 3.62. The third kappa shape index (κ3) is 3.10. The Bertz CT molecular complexity index is 521. The van der Waals surface area contributed by atoms with Crippen molar-refractivity contribution in [1.29, 1.82) is 0 Å². The van der Waals surface area contributed by atoms with Crippen LogP contribution in [0.25, 0.3) is 0 Å². The van der Waals surface area contributed by atoms with Crippen LogP contribution >= 0.6 is 0 Å². The zero-order valence-electron chi connectivity index (χ0n) is 10.2. The number of carbonyl (C=O) groups is 1. The van der Waals surface area contributed by atoms with E-state index in [1.54, 1.807) is 12.3 Å². The highest BCUT2D eigenvalue weighted by Gasteiger charge is 2.09. The molecule has 5 nitrogen and oxygen atoms in total. The molecule has 5 heteroatoms. The maximum Gasteiger partial charge on any atom is 0.242 e. The molecule has 0 aliphatic rings. The Hall–Kier alpha value is -2.30. The van der Waals surface area contributed by atoms with Crippen LogP contribution in [-0.2, 0) is 11.3 Å². The average Bonchev–Trinajstić information content (AvgIpc) is 2.75. The molecule has 0 saturated heterocycles. The molecule has 1 unspecified atom stereocenters. The average molecular weight is 244 g/mol. The number of hydrogen-bond donors (Lipinski definition) is 2. The molecule has 1 heterocycles. The van der Waals surface area contributed by atoms with Gasteiger partial charge in [0.05, 0.1) is 6.04 Å². The van der Waals surface area contributed by atoms with Gasteiger partial charge in [-0.2, -0.15) is 5.10 Å². The molecule has 1 atom stereocenters. The third-order valence-corrected chi connectivity index (χ3v) is 2.64. The second-order valence-electron chi connectivity index (χ2n) is 4.14. The number of nitrogens with zero attached hydrogens (tertiary/aromatic N) is 2. The van der Waals surface area contributed by atoms with Gasteiger partial charge in [-0.3, -0.25) is 9.48 Å². The summed E-state index contributed by atoms with van der Waals surface area (Å²) in [4.78, 5) is 11.8. The van der Waals surface area contributed by atoms with E-state index < -0.39 is 0 Å². The Labute approximate surface area is 106 Å². The molecule has 0 saturated carbocycles. The molecule has 3 N–H and O–H groups in total. The van der Waals surface area contributed by atoms with E-state index in [0.29, 0.717) is 5.82 Å². The van der Waals surface area contributed by atoms with Crippen LogP contribution in [-0.4, -0.2) is 15.7 Å². The van der Waals surface area contributed by atoms with E-state index in [1.165, 1.54) is 4.68 Å². The molecule has 1 aromatic heterocycles. The number of hydrogen-bond acceptors (Lipinski definition) is 3. The molecule has 2 rings (SSSR count). The maximum absolute atomic E-state index is 11.8. The number of carbonyl (C=O) groups excluding carboxylic acids is 1. The van der Waals surface area contributed by atoms with Crippen LogP contribution in [0.15, 0.2) is 42.6 Å². The van der Waals surface area contributed by atoms with Gasteiger partial charge >= 0.3 is 0 Å². The van der Waals surface area contributed by atoms with Crippen LogP contribution in [0.3, 0.4) is 0 Å². The predicted molar refractivity (Wildman–Crippen MR) is 69.6 cm³/mol. The largest absolute Gasteiger partial charge is 0.382 e. The summed E-state index contributed by atoms with van der Waals surface area (Å²) >= 11 is 0. The quantitative estimate of drug-likeness (QED) is 0.852. The number of anilines is 1. The molecule has 0 fully saturated rings. The fourth-order valence-electron chi connectivity index (χ4n) is 1.72. The highest BCUT2D eigenvalue weighted by atomic mass is 16.2. The smallest absolute Gasteiger partial charge is 0.242 e. The van der Waals surface area contributed by atoms with E-state index in [0.717, 1.165) is 5.56 Å². The topological polar surface area (TPSA) is 72.9 Å². The Balaban J connectivity index is 1.92. The fourth-order valence-corrected chi connectivity index (χ4v) is 1.72. The van der Waals surface area contributed by atoms with Gasteiger partial charge in [-0.1, -0.05) is 30.3 Å². The lowest BCUT2D eigenvalue weighted by Crippen LogP contribution is -2.30.